The molecule has 0 amide bonds. The van der Waals surface area contributed by atoms with E-state index in [1.54, 1.807) is 11.3 Å². The molecule has 6 heteroatoms. The first-order valence-corrected chi connectivity index (χ1v) is 7.40. The molecule has 0 aromatic carbocycles. The summed E-state index contributed by atoms with van der Waals surface area (Å²) in [6.45, 7) is 5.58. The zero-order chi connectivity index (χ0) is 13.2. The van der Waals surface area contributed by atoms with Crippen LogP contribution in [0.2, 0.25) is 0 Å². The van der Waals surface area contributed by atoms with Crippen molar-refractivity contribution in [2.75, 3.05) is 32.1 Å². The third-order valence-electron chi connectivity index (χ3n) is 3.30. The summed E-state index contributed by atoms with van der Waals surface area (Å²) in [6, 6.07) is 2.06. The Bertz CT molecular complexity index is 571. The van der Waals surface area contributed by atoms with E-state index in [0.717, 1.165) is 48.1 Å². The van der Waals surface area contributed by atoms with Crippen LogP contribution in [0.5, 0.6) is 0 Å². The molecule has 1 saturated heterocycles. The Kier molecular flexibility index (Phi) is 3.63. The zero-order valence-corrected chi connectivity index (χ0v) is 12.0. The second kappa shape index (κ2) is 5.40. The average molecular weight is 278 g/mol. The quantitative estimate of drug-likeness (QED) is 0.930. The largest absolute Gasteiger partial charge is 0.376 e. The fraction of sp³-hybridized carbons (Fsp3) is 0.538. The van der Waals surface area contributed by atoms with E-state index in [4.69, 9.17) is 4.74 Å². The number of hydrogen-bond acceptors (Lipinski definition) is 6. The highest BCUT2D eigenvalue weighted by Crippen LogP contribution is 2.25. The van der Waals surface area contributed by atoms with Crippen LogP contribution < -0.4 is 5.32 Å². The molecule has 2 aromatic heterocycles. The van der Waals surface area contributed by atoms with Crippen molar-refractivity contribution in [1.82, 2.24) is 14.9 Å². The second-order valence-corrected chi connectivity index (χ2v) is 5.69. The van der Waals surface area contributed by atoms with Gasteiger partial charge in [0.25, 0.3) is 0 Å². The van der Waals surface area contributed by atoms with Gasteiger partial charge >= 0.3 is 0 Å². The van der Waals surface area contributed by atoms with Gasteiger partial charge in [0, 0.05) is 20.1 Å². The van der Waals surface area contributed by atoms with E-state index in [1.165, 1.54) is 0 Å². The third kappa shape index (κ3) is 2.70. The van der Waals surface area contributed by atoms with Crippen LogP contribution in [0.4, 0.5) is 5.82 Å². The van der Waals surface area contributed by atoms with Gasteiger partial charge in [-0.2, -0.15) is 0 Å². The lowest BCUT2D eigenvalue weighted by Gasteiger charge is -2.30. The molecular weight excluding hydrogens is 260 g/mol. The van der Waals surface area contributed by atoms with Crippen molar-refractivity contribution >= 4 is 27.4 Å². The molecule has 0 spiro atoms. The van der Waals surface area contributed by atoms with Crippen molar-refractivity contribution in [2.24, 2.45) is 0 Å². The monoisotopic (exact) mass is 278 g/mol. The van der Waals surface area contributed by atoms with E-state index in [-0.39, 0.29) is 0 Å². The second-order valence-electron chi connectivity index (χ2n) is 4.79. The SMILES string of the molecule is CNc1nc(CN2CCOC(C)C2)nc2sccc12. The maximum Gasteiger partial charge on any atom is 0.146 e. The Morgan fingerprint density at radius 1 is 1.53 bits per heavy atom. The summed E-state index contributed by atoms with van der Waals surface area (Å²) in [7, 11) is 1.90. The Hall–Kier alpha value is -1.24. The van der Waals surface area contributed by atoms with Crippen LogP contribution in [0.25, 0.3) is 10.2 Å². The first-order chi connectivity index (χ1) is 9.26. The molecular formula is C13H18N4OS. The highest BCUT2D eigenvalue weighted by molar-refractivity contribution is 7.16. The molecule has 2 aromatic rings. The van der Waals surface area contributed by atoms with Gasteiger partial charge in [0.15, 0.2) is 0 Å². The summed E-state index contributed by atoms with van der Waals surface area (Å²) < 4.78 is 5.56. The van der Waals surface area contributed by atoms with Crippen LogP contribution in [-0.4, -0.2) is 47.7 Å². The van der Waals surface area contributed by atoms with Crippen molar-refractivity contribution in [3.8, 4) is 0 Å². The van der Waals surface area contributed by atoms with E-state index in [9.17, 15) is 0 Å². The van der Waals surface area contributed by atoms with Gasteiger partial charge < -0.3 is 10.1 Å². The summed E-state index contributed by atoms with van der Waals surface area (Å²) in [4.78, 5) is 12.7. The molecule has 1 aliphatic rings. The predicted octanol–water partition coefficient (Wildman–Crippen LogP) is 1.95. The van der Waals surface area contributed by atoms with Crippen molar-refractivity contribution in [3.05, 3.63) is 17.3 Å². The van der Waals surface area contributed by atoms with E-state index < -0.39 is 0 Å². The third-order valence-corrected chi connectivity index (χ3v) is 4.11. The molecule has 1 fully saturated rings. The van der Waals surface area contributed by atoms with Crippen LogP contribution >= 0.6 is 11.3 Å². The minimum absolute atomic E-state index is 0.294. The minimum Gasteiger partial charge on any atom is -0.376 e. The molecule has 1 atom stereocenters. The summed E-state index contributed by atoms with van der Waals surface area (Å²) in [5, 5.41) is 6.31. The van der Waals surface area contributed by atoms with Crippen molar-refractivity contribution < 1.29 is 4.74 Å². The number of aromatic nitrogens is 2. The molecule has 3 rings (SSSR count). The highest BCUT2D eigenvalue weighted by atomic mass is 32.1. The molecule has 1 N–H and O–H groups in total. The number of hydrogen-bond donors (Lipinski definition) is 1. The molecule has 19 heavy (non-hydrogen) atoms. The maximum atomic E-state index is 5.56. The Morgan fingerprint density at radius 2 is 2.42 bits per heavy atom. The van der Waals surface area contributed by atoms with Crippen LogP contribution in [0.3, 0.4) is 0 Å². The van der Waals surface area contributed by atoms with Crippen LogP contribution in [0.15, 0.2) is 11.4 Å². The number of anilines is 1. The van der Waals surface area contributed by atoms with Crippen molar-refractivity contribution in [3.63, 3.8) is 0 Å². The number of nitrogens with zero attached hydrogens (tertiary/aromatic N) is 3. The number of fused-ring (bicyclic) bond motifs is 1. The Labute approximate surface area is 116 Å². The highest BCUT2D eigenvalue weighted by Gasteiger charge is 2.18. The molecule has 102 valence electrons. The van der Waals surface area contributed by atoms with E-state index >= 15 is 0 Å². The van der Waals surface area contributed by atoms with Gasteiger partial charge in [-0.05, 0) is 18.4 Å². The van der Waals surface area contributed by atoms with Gasteiger partial charge in [0.2, 0.25) is 0 Å². The first kappa shape index (κ1) is 12.8. The number of ether oxygens (including phenoxy) is 1. The maximum absolute atomic E-state index is 5.56. The summed E-state index contributed by atoms with van der Waals surface area (Å²) >= 11 is 1.66. The van der Waals surface area contributed by atoms with Crippen LogP contribution in [-0.2, 0) is 11.3 Å². The molecule has 0 radical (unpaired) electrons. The smallest absolute Gasteiger partial charge is 0.146 e. The lowest BCUT2D eigenvalue weighted by Crippen LogP contribution is -2.40. The molecule has 3 heterocycles. The summed E-state index contributed by atoms with van der Waals surface area (Å²) in [5.74, 6) is 1.80. The van der Waals surface area contributed by atoms with E-state index in [1.807, 2.05) is 7.05 Å². The molecule has 1 unspecified atom stereocenters. The van der Waals surface area contributed by atoms with Gasteiger partial charge in [-0.1, -0.05) is 0 Å². The molecule has 0 aliphatic carbocycles. The Balaban J connectivity index is 1.84. The summed E-state index contributed by atoms with van der Waals surface area (Å²) in [6.07, 6.45) is 0.294. The average Bonchev–Trinajstić information content (AvgIpc) is 2.86. The fourth-order valence-corrected chi connectivity index (χ4v) is 3.18. The van der Waals surface area contributed by atoms with Gasteiger partial charge in [0.1, 0.15) is 16.5 Å². The normalized spacial score (nSPS) is 20.8. The van der Waals surface area contributed by atoms with E-state index in [2.05, 4.69) is 38.6 Å². The van der Waals surface area contributed by atoms with Gasteiger partial charge in [0.05, 0.1) is 24.6 Å². The first-order valence-electron chi connectivity index (χ1n) is 6.52. The Morgan fingerprint density at radius 3 is 3.21 bits per heavy atom. The number of thiophene rings is 1. The molecule has 1 aliphatic heterocycles. The predicted molar refractivity (Wildman–Crippen MR) is 77.7 cm³/mol. The lowest BCUT2D eigenvalue weighted by atomic mass is 10.3. The number of morpholine rings is 1. The number of nitrogens with one attached hydrogen (secondary N) is 1. The fourth-order valence-electron chi connectivity index (χ4n) is 2.40. The van der Waals surface area contributed by atoms with Crippen LogP contribution in [0, 0.1) is 0 Å². The zero-order valence-electron chi connectivity index (χ0n) is 11.2. The van der Waals surface area contributed by atoms with E-state index in [0.29, 0.717) is 6.10 Å². The van der Waals surface area contributed by atoms with Crippen LogP contribution in [0.1, 0.15) is 12.7 Å². The molecule has 0 bridgehead atoms. The van der Waals surface area contributed by atoms with Gasteiger partial charge in [-0.25, -0.2) is 9.97 Å². The molecule has 0 saturated carbocycles. The summed E-state index contributed by atoms with van der Waals surface area (Å²) in [5.41, 5.74) is 0. The minimum atomic E-state index is 0.294. The molecule has 5 nitrogen and oxygen atoms in total. The van der Waals surface area contributed by atoms with Gasteiger partial charge in [-0.3, -0.25) is 4.90 Å². The lowest BCUT2D eigenvalue weighted by molar-refractivity contribution is -0.0219. The van der Waals surface area contributed by atoms with Crippen molar-refractivity contribution in [1.29, 1.82) is 0 Å². The van der Waals surface area contributed by atoms with Gasteiger partial charge in [-0.15, -0.1) is 11.3 Å². The standard InChI is InChI=1S/C13H18N4OS/c1-9-7-17(4-5-18-9)8-11-15-12(14-2)10-3-6-19-13(10)16-11/h3,6,9H,4-5,7-8H2,1-2H3,(H,14,15,16). The number of rotatable bonds is 3. The van der Waals surface area contributed by atoms with Crippen molar-refractivity contribution in [2.45, 2.75) is 19.6 Å². The topological polar surface area (TPSA) is 50.3 Å².